The molecule has 1 unspecified atom stereocenters. The predicted molar refractivity (Wildman–Crippen MR) is 80.3 cm³/mol. The highest BCUT2D eigenvalue weighted by atomic mass is 19.4. The zero-order chi connectivity index (χ0) is 17.0. The van der Waals surface area contributed by atoms with Gasteiger partial charge in [-0.05, 0) is 44.0 Å². The van der Waals surface area contributed by atoms with Crippen LogP contribution in [0.5, 0.6) is 0 Å². The zero-order valence-corrected chi connectivity index (χ0v) is 12.8. The van der Waals surface area contributed by atoms with Crippen LogP contribution in [0.2, 0.25) is 0 Å². The van der Waals surface area contributed by atoms with Gasteiger partial charge in [-0.25, -0.2) is 0 Å². The molecule has 1 saturated heterocycles. The fourth-order valence-corrected chi connectivity index (χ4v) is 2.80. The zero-order valence-electron chi connectivity index (χ0n) is 12.8. The normalized spacial score (nSPS) is 18.7. The van der Waals surface area contributed by atoms with Crippen LogP contribution in [0, 0.1) is 17.2 Å². The molecule has 124 valence electrons. The number of halogens is 3. The summed E-state index contributed by atoms with van der Waals surface area (Å²) in [6, 6.07) is 6.77. The standard InChI is InChI=1S/C16H18F3N3O/c1-11(23)14-3-2-12(7-20)6-15(14)21-8-13-4-5-22(9-13)10-16(17,18)19/h2-3,6,13,21H,4-5,8-10H2,1H3. The largest absolute Gasteiger partial charge is 0.401 e. The highest BCUT2D eigenvalue weighted by Crippen LogP contribution is 2.24. The van der Waals surface area contributed by atoms with Gasteiger partial charge < -0.3 is 5.32 Å². The average molecular weight is 325 g/mol. The minimum atomic E-state index is -4.18. The van der Waals surface area contributed by atoms with Crippen molar-refractivity contribution in [2.75, 3.05) is 31.5 Å². The Morgan fingerprint density at radius 3 is 2.83 bits per heavy atom. The number of carbonyl (C=O) groups is 1. The van der Waals surface area contributed by atoms with Crippen LogP contribution in [0.15, 0.2) is 18.2 Å². The SMILES string of the molecule is CC(=O)c1ccc(C#N)cc1NCC1CCN(CC(F)(F)F)C1. The number of alkyl halides is 3. The first-order chi connectivity index (χ1) is 10.8. The number of benzene rings is 1. The number of nitrogens with zero attached hydrogens (tertiary/aromatic N) is 2. The fraction of sp³-hybridized carbons (Fsp3) is 0.500. The Labute approximate surface area is 132 Å². The van der Waals surface area contributed by atoms with Gasteiger partial charge in [0.05, 0.1) is 18.2 Å². The van der Waals surface area contributed by atoms with Crippen LogP contribution in [0.25, 0.3) is 0 Å². The first-order valence-corrected chi connectivity index (χ1v) is 7.36. The molecule has 1 aliphatic rings. The lowest BCUT2D eigenvalue weighted by Gasteiger charge is -2.18. The fourth-order valence-electron chi connectivity index (χ4n) is 2.80. The molecule has 1 atom stereocenters. The van der Waals surface area contributed by atoms with Crippen molar-refractivity contribution in [2.45, 2.75) is 19.5 Å². The minimum Gasteiger partial charge on any atom is -0.384 e. The molecule has 0 spiro atoms. The maximum Gasteiger partial charge on any atom is 0.401 e. The van der Waals surface area contributed by atoms with Gasteiger partial charge >= 0.3 is 6.18 Å². The van der Waals surface area contributed by atoms with E-state index in [1.165, 1.54) is 11.8 Å². The summed E-state index contributed by atoms with van der Waals surface area (Å²) in [6.45, 7) is 1.83. The lowest BCUT2D eigenvalue weighted by atomic mass is 10.0. The molecular weight excluding hydrogens is 307 g/mol. The molecule has 1 aromatic carbocycles. The van der Waals surface area contributed by atoms with Crippen molar-refractivity contribution in [3.8, 4) is 6.07 Å². The van der Waals surface area contributed by atoms with E-state index in [4.69, 9.17) is 5.26 Å². The molecule has 1 fully saturated rings. The molecular formula is C16H18F3N3O. The lowest BCUT2D eigenvalue weighted by Crippen LogP contribution is -2.33. The molecule has 1 aromatic rings. The van der Waals surface area contributed by atoms with Gasteiger partial charge in [0.25, 0.3) is 0 Å². The molecule has 7 heteroatoms. The summed E-state index contributed by atoms with van der Waals surface area (Å²) in [4.78, 5) is 13.0. The van der Waals surface area contributed by atoms with Crippen molar-refractivity contribution >= 4 is 11.5 Å². The van der Waals surface area contributed by atoms with E-state index in [-0.39, 0.29) is 11.7 Å². The summed E-state index contributed by atoms with van der Waals surface area (Å²) >= 11 is 0. The third kappa shape index (κ3) is 4.96. The summed E-state index contributed by atoms with van der Waals surface area (Å²) in [5.74, 6) is -0.0370. The smallest absolute Gasteiger partial charge is 0.384 e. The van der Waals surface area contributed by atoms with Crippen molar-refractivity contribution in [3.63, 3.8) is 0 Å². The summed E-state index contributed by atoms with van der Waals surface area (Å²) < 4.78 is 37.2. The minimum absolute atomic E-state index is 0.0860. The van der Waals surface area contributed by atoms with E-state index in [1.54, 1.807) is 18.2 Å². The van der Waals surface area contributed by atoms with E-state index in [1.807, 2.05) is 6.07 Å². The number of rotatable bonds is 5. The van der Waals surface area contributed by atoms with Crippen LogP contribution in [0.1, 0.15) is 29.3 Å². The van der Waals surface area contributed by atoms with Crippen molar-refractivity contribution in [1.29, 1.82) is 5.26 Å². The monoisotopic (exact) mass is 325 g/mol. The molecule has 0 radical (unpaired) electrons. The van der Waals surface area contributed by atoms with E-state index in [0.717, 1.165) is 0 Å². The third-order valence-electron chi connectivity index (χ3n) is 3.88. The van der Waals surface area contributed by atoms with Crippen molar-refractivity contribution < 1.29 is 18.0 Å². The maximum absolute atomic E-state index is 12.4. The van der Waals surface area contributed by atoms with Crippen LogP contribution >= 0.6 is 0 Å². The number of carbonyl (C=O) groups excluding carboxylic acids is 1. The molecule has 0 aliphatic carbocycles. The summed E-state index contributed by atoms with van der Waals surface area (Å²) in [7, 11) is 0. The topological polar surface area (TPSA) is 56.1 Å². The number of Topliss-reactive ketones (excluding diaryl/α,β-unsaturated/α-hetero) is 1. The second-order valence-electron chi connectivity index (χ2n) is 5.81. The van der Waals surface area contributed by atoms with Crippen molar-refractivity contribution in [1.82, 2.24) is 4.90 Å². The van der Waals surface area contributed by atoms with Crippen LogP contribution in [0.4, 0.5) is 18.9 Å². The summed E-state index contributed by atoms with van der Waals surface area (Å²) in [5, 5.41) is 12.1. The van der Waals surface area contributed by atoms with E-state index >= 15 is 0 Å². The van der Waals surface area contributed by atoms with Gasteiger partial charge in [-0.1, -0.05) is 0 Å². The van der Waals surface area contributed by atoms with Crippen LogP contribution < -0.4 is 5.32 Å². The number of likely N-dealkylation sites (tertiary alicyclic amines) is 1. The number of nitriles is 1. The molecule has 23 heavy (non-hydrogen) atoms. The maximum atomic E-state index is 12.4. The molecule has 4 nitrogen and oxygen atoms in total. The molecule has 1 heterocycles. The first kappa shape index (κ1) is 17.3. The first-order valence-electron chi connectivity index (χ1n) is 7.36. The number of hydrogen-bond acceptors (Lipinski definition) is 4. The van der Waals surface area contributed by atoms with Gasteiger partial charge in [-0.2, -0.15) is 18.4 Å². The quantitative estimate of drug-likeness (QED) is 0.846. The van der Waals surface area contributed by atoms with E-state index < -0.39 is 12.7 Å². The Hall–Kier alpha value is -2.07. The molecule has 0 bridgehead atoms. The predicted octanol–water partition coefficient (Wildman–Crippen LogP) is 3.06. The number of nitrogens with one attached hydrogen (secondary N) is 1. The van der Waals surface area contributed by atoms with Crippen LogP contribution in [0.3, 0.4) is 0 Å². The van der Waals surface area contributed by atoms with Crippen LogP contribution in [-0.4, -0.2) is 43.0 Å². The van der Waals surface area contributed by atoms with Crippen molar-refractivity contribution in [2.24, 2.45) is 5.92 Å². The third-order valence-corrected chi connectivity index (χ3v) is 3.88. The second kappa shape index (κ2) is 7.01. The average Bonchev–Trinajstić information content (AvgIpc) is 2.89. The molecule has 1 aliphatic heterocycles. The van der Waals surface area contributed by atoms with Crippen molar-refractivity contribution in [3.05, 3.63) is 29.3 Å². The molecule has 0 aromatic heterocycles. The van der Waals surface area contributed by atoms with Gasteiger partial charge in [0.15, 0.2) is 5.78 Å². The van der Waals surface area contributed by atoms with Gasteiger partial charge in [0, 0.05) is 24.3 Å². The Kier molecular flexibility index (Phi) is 5.26. The molecule has 1 N–H and O–H groups in total. The Balaban J connectivity index is 1.96. The highest BCUT2D eigenvalue weighted by molar-refractivity contribution is 5.99. The lowest BCUT2D eigenvalue weighted by molar-refractivity contribution is -0.143. The Morgan fingerprint density at radius 1 is 1.48 bits per heavy atom. The summed E-state index contributed by atoms with van der Waals surface area (Å²) in [6.07, 6.45) is -3.50. The van der Waals surface area contributed by atoms with Gasteiger partial charge in [-0.15, -0.1) is 0 Å². The molecule has 0 amide bonds. The summed E-state index contributed by atoms with van der Waals surface area (Å²) in [5.41, 5.74) is 1.47. The van der Waals surface area contributed by atoms with Gasteiger partial charge in [-0.3, -0.25) is 9.69 Å². The van der Waals surface area contributed by atoms with Crippen LogP contribution in [-0.2, 0) is 0 Å². The molecule has 2 rings (SSSR count). The second-order valence-corrected chi connectivity index (χ2v) is 5.81. The molecule has 0 saturated carbocycles. The van der Waals surface area contributed by atoms with E-state index in [0.29, 0.717) is 42.9 Å². The van der Waals surface area contributed by atoms with Gasteiger partial charge in [0.2, 0.25) is 0 Å². The Morgan fingerprint density at radius 2 is 2.22 bits per heavy atom. The van der Waals surface area contributed by atoms with E-state index in [2.05, 4.69) is 5.32 Å². The Bertz CT molecular complexity index is 622. The number of ketones is 1. The van der Waals surface area contributed by atoms with E-state index in [9.17, 15) is 18.0 Å². The highest BCUT2D eigenvalue weighted by Gasteiger charge is 2.34. The number of anilines is 1. The number of hydrogen-bond donors (Lipinski definition) is 1. The van der Waals surface area contributed by atoms with Gasteiger partial charge in [0.1, 0.15) is 0 Å².